The van der Waals surface area contributed by atoms with Gasteiger partial charge in [0.1, 0.15) is 17.5 Å². The van der Waals surface area contributed by atoms with Crippen molar-refractivity contribution in [1.29, 1.82) is 0 Å². The Kier molecular flexibility index (Phi) is 5.06. The van der Waals surface area contributed by atoms with Crippen LogP contribution in [-0.2, 0) is 0 Å². The van der Waals surface area contributed by atoms with Gasteiger partial charge in [-0.3, -0.25) is 0 Å². The van der Waals surface area contributed by atoms with Gasteiger partial charge in [0.2, 0.25) is 0 Å². The quantitative estimate of drug-likeness (QED) is 0.769. The van der Waals surface area contributed by atoms with E-state index in [1.165, 1.54) is 12.1 Å². The third kappa shape index (κ3) is 3.47. The molecule has 2 rings (SSSR count). The maximum absolute atomic E-state index is 14.2. The van der Waals surface area contributed by atoms with Crippen molar-refractivity contribution < 1.29 is 13.2 Å². The van der Waals surface area contributed by atoms with E-state index in [0.29, 0.717) is 12.1 Å². The van der Waals surface area contributed by atoms with Crippen molar-refractivity contribution in [2.75, 3.05) is 6.54 Å². The second kappa shape index (κ2) is 6.62. The molecule has 1 nitrogen and oxygen atoms in total. The van der Waals surface area contributed by atoms with Crippen molar-refractivity contribution in [2.45, 2.75) is 19.9 Å². The fourth-order valence-corrected chi connectivity index (χ4v) is 2.59. The first-order valence-electron chi connectivity index (χ1n) is 6.58. The highest BCUT2D eigenvalue weighted by Gasteiger charge is 2.21. The summed E-state index contributed by atoms with van der Waals surface area (Å²) in [4.78, 5) is 0. The van der Waals surface area contributed by atoms with Crippen LogP contribution in [0.25, 0.3) is 0 Å². The molecule has 0 bridgehead atoms. The van der Waals surface area contributed by atoms with E-state index in [2.05, 4.69) is 21.2 Å². The van der Waals surface area contributed by atoms with Crippen LogP contribution in [0.1, 0.15) is 29.7 Å². The smallest absolute Gasteiger partial charge is 0.137 e. The molecule has 0 amide bonds. The third-order valence-corrected chi connectivity index (χ3v) is 3.92. The van der Waals surface area contributed by atoms with E-state index in [-0.39, 0.29) is 10.0 Å². The SMILES string of the molecule is CCNC(c1cc(F)ccc1C)c1cc(F)c(Br)cc1F. The lowest BCUT2D eigenvalue weighted by Crippen LogP contribution is -2.24. The molecule has 2 aromatic rings. The average molecular weight is 358 g/mol. The number of nitrogens with one attached hydrogen (secondary N) is 1. The highest BCUT2D eigenvalue weighted by molar-refractivity contribution is 9.10. The van der Waals surface area contributed by atoms with E-state index >= 15 is 0 Å². The fraction of sp³-hybridized carbons (Fsp3) is 0.250. The number of rotatable bonds is 4. The highest BCUT2D eigenvalue weighted by Crippen LogP contribution is 2.30. The van der Waals surface area contributed by atoms with Gasteiger partial charge in [0.05, 0.1) is 10.5 Å². The van der Waals surface area contributed by atoms with E-state index in [9.17, 15) is 13.2 Å². The molecule has 0 aromatic heterocycles. The van der Waals surface area contributed by atoms with Crippen molar-refractivity contribution in [3.05, 3.63) is 68.9 Å². The number of hydrogen-bond acceptors (Lipinski definition) is 1. The average Bonchev–Trinajstić information content (AvgIpc) is 2.43. The summed E-state index contributed by atoms with van der Waals surface area (Å²) in [6.45, 7) is 4.21. The zero-order chi connectivity index (χ0) is 15.6. The van der Waals surface area contributed by atoms with Crippen LogP contribution in [0.3, 0.4) is 0 Å². The molecule has 5 heteroatoms. The minimum Gasteiger partial charge on any atom is -0.306 e. The van der Waals surface area contributed by atoms with Gasteiger partial charge in [0, 0.05) is 5.56 Å². The summed E-state index contributed by atoms with van der Waals surface area (Å²) in [6.07, 6.45) is 0. The molecule has 0 radical (unpaired) electrons. The predicted octanol–water partition coefficient (Wildman–Crippen LogP) is 4.87. The first-order valence-corrected chi connectivity index (χ1v) is 7.37. The second-order valence-corrected chi connectivity index (χ2v) is 5.63. The summed E-state index contributed by atoms with van der Waals surface area (Å²) >= 11 is 2.96. The van der Waals surface area contributed by atoms with Crippen molar-refractivity contribution in [2.24, 2.45) is 0 Å². The van der Waals surface area contributed by atoms with Crippen molar-refractivity contribution in [1.82, 2.24) is 5.32 Å². The molecule has 2 aromatic carbocycles. The summed E-state index contributed by atoms with van der Waals surface area (Å²) in [6, 6.07) is 5.94. The normalized spacial score (nSPS) is 12.5. The lowest BCUT2D eigenvalue weighted by molar-refractivity contribution is 0.538. The molecule has 0 saturated heterocycles. The van der Waals surface area contributed by atoms with Crippen LogP contribution in [0.5, 0.6) is 0 Å². The van der Waals surface area contributed by atoms with Crippen LogP contribution >= 0.6 is 15.9 Å². The molecular weight excluding hydrogens is 343 g/mol. The lowest BCUT2D eigenvalue weighted by atomic mass is 9.94. The van der Waals surface area contributed by atoms with Crippen LogP contribution in [0.2, 0.25) is 0 Å². The van der Waals surface area contributed by atoms with Gasteiger partial charge in [-0.2, -0.15) is 0 Å². The Balaban J connectivity index is 2.58. The van der Waals surface area contributed by atoms with E-state index in [0.717, 1.165) is 17.7 Å². The van der Waals surface area contributed by atoms with Crippen LogP contribution in [0, 0.1) is 24.4 Å². The summed E-state index contributed by atoms with van der Waals surface area (Å²) in [7, 11) is 0. The van der Waals surface area contributed by atoms with Crippen LogP contribution < -0.4 is 5.32 Å². The molecule has 1 unspecified atom stereocenters. The Labute approximate surface area is 130 Å². The lowest BCUT2D eigenvalue weighted by Gasteiger charge is -2.22. The minimum atomic E-state index is -0.603. The van der Waals surface area contributed by atoms with Gasteiger partial charge in [-0.15, -0.1) is 0 Å². The van der Waals surface area contributed by atoms with Gasteiger partial charge in [-0.25, -0.2) is 13.2 Å². The Bertz CT molecular complexity index is 658. The first-order chi connectivity index (χ1) is 9.93. The molecule has 112 valence electrons. The molecule has 1 N–H and O–H groups in total. The van der Waals surface area contributed by atoms with Gasteiger partial charge in [0.15, 0.2) is 0 Å². The molecular formula is C16H15BrF3N. The van der Waals surface area contributed by atoms with Gasteiger partial charge >= 0.3 is 0 Å². The van der Waals surface area contributed by atoms with Crippen LogP contribution in [0.15, 0.2) is 34.8 Å². The summed E-state index contributed by atoms with van der Waals surface area (Å²) in [5.41, 5.74) is 1.56. The van der Waals surface area contributed by atoms with Crippen LogP contribution in [0.4, 0.5) is 13.2 Å². The predicted molar refractivity (Wildman–Crippen MR) is 80.7 cm³/mol. The van der Waals surface area contributed by atoms with Crippen molar-refractivity contribution >= 4 is 15.9 Å². The first kappa shape index (κ1) is 16.0. The van der Waals surface area contributed by atoms with Crippen LogP contribution in [-0.4, -0.2) is 6.54 Å². The maximum Gasteiger partial charge on any atom is 0.137 e. The number of benzene rings is 2. The van der Waals surface area contributed by atoms with Crippen molar-refractivity contribution in [3.63, 3.8) is 0 Å². The Morgan fingerprint density at radius 2 is 1.76 bits per heavy atom. The van der Waals surface area contributed by atoms with Crippen molar-refractivity contribution in [3.8, 4) is 0 Å². The van der Waals surface area contributed by atoms with E-state index in [4.69, 9.17) is 0 Å². The monoisotopic (exact) mass is 357 g/mol. The minimum absolute atomic E-state index is 0.0648. The highest BCUT2D eigenvalue weighted by atomic mass is 79.9. The molecule has 0 heterocycles. The topological polar surface area (TPSA) is 12.0 Å². The number of aryl methyl sites for hydroxylation is 1. The number of hydrogen-bond donors (Lipinski definition) is 1. The standard InChI is InChI=1S/C16H15BrF3N/c1-3-21-16(11-6-10(18)5-4-9(11)2)12-7-15(20)13(17)8-14(12)19/h4-8,16,21H,3H2,1-2H3. The molecule has 21 heavy (non-hydrogen) atoms. The Morgan fingerprint density at radius 3 is 2.43 bits per heavy atom. The molecule has 0 aliphatic heterocycles. The third-order valence-electron chi connectivity index (χ3n) is 3.31. The summed E-state index contributed by atoms with van der Waals surface area (Å²) in [5, 5.41) is 3.08. The molecule has 0 aliphatic carbocycles. The van der Waals surface area contributed by atoms with E-state index < -0.39 is 23.5 Å². The van der Waals surface area contributed by atoms with Gasteiger partial charge in [0.25, 0.3) is 0 Å². The summed E-state index contributed by atoms with van der Waals surface area (Å²) < 4.78 is 41.5. The van der Waals surface area contributed by atoms with E-state index in [1.54, 1.807) is 6.07 Å². The van der Waals surface area contributed by atoms with E-state index in [1.807, 2.05) is 13.8 Å². The zero-order valence-corrected chi connectivity index (χ0v) is 13.3. The molecule has 0 aliphatic rings. The molecule has 0 fully saturated rings. The Hall–Kier alpha value is -1.33. The summed E-state index contributed by atoms with van der Waals surface area (Å²) in [5.74, 6) is -1.50. The molecule has 0 spiro atoms. The zero-order valence-electron chi connectivity index (χ0n) is 11.7. The second-order valence-electron chi connectivity index (χ2n) is 4.78. The fourth-order valence-electron chi connectivity index (χ4n) is 2.27. The van der Waals surface area contributed by atoms with Gasteiger partial charge < -0.3 is 5.32 Å². The number of halogens is 4. The largest absolute Gasteiger partial charge is 0.306 e. The van der Waals surface area contributed by atoms with Gasteiger partial charge in [-0.1, -0.05) is 13.0 Å². The molecule has 0 saturated carbocycles. The Morgan fingerprint density at radius 1 is 1.05 bits per heavy atom. The maximum atomic E-state index is 14.2. The van der Waals surface area contributed by atoms with Gasteiger partial charge in [-0.05, 0) is 64.8 Å². The molecule has 1 atom stereocenters.